The second kappa shape index (κ2) is 9.26. The Bertz CT molecular complexity index is 706. The molecule has 3 rings (SSSR count). The zero-order valence-corrected chi connectivity index (χ0v) is 16.3. The molecule has 2 aromatic carbocycles. The Hall–Kier alpha value is -3.02. The predicted molar refractivity (Wildman–Crippen MR) is 106 cm³/mol. The van der Waals surface area contributed by atoms with E-state index in [0.717, 1.165) is 0 Å². The van der Waals surface area contributed by atoms with Crippen molar-refractivity contribution < 1.29 is 19.1 Å². The summed E-state index contributed by atoms with van der Waals surface area (Å²) in [7, 11) is 0. The fourth-order valence-electron chi connectivity index (χ4n) is 3.17. The maximum absolute atomic E-state index is 12.6. The van der Waals surface area contributed by atoms with E-state index in [9.17, 15) is 9.59 Å². The molecule has 0 unspecified atom stereocenters. The maximum Gasteiger partial charge on any atom is 0.263 e. The van der Waals surface area contributed by atoms with E-state index in [2.05, 4.69) is 0 Å². The first kappa shape index (κ1) is 19.7. The molecule has 6 heteroatoms. The summed E-state index contributed by atoms with van der Waals surface area (Å²) in [4.78, 5) is 28.8. The molecule has 0 bridgehead atoms. The van der Waals surface area contributed by atoms with Gasteiger partial charge in [-0.1, -0.05) is 36.4 Å². The number of carbonyl (C=O) groups excluding carboxylic acids is 2. The largest absolute Gasteiger partial charge is 0.481 e. The lowest BCUT2D eigenvalue weighted by molar-refractivity contribution is -0.146. The third-order valence-electron chi connectivity index (χ3n) is 4.71. The molecule has 28 heavy (non-hydrogen) atoms. The van der Waals surface area contributed by atoms with E-state index in [1.54, 1.807) is 23.6 Å². The Kier molecular flexibility index (Phi) is 6.53. The van der Waals surface area contributed by atoms with Gasteiger partial charge in [0.1, 0.15) is 11.5 Å². The van der Waals surface area contributed by atoms with Gasteiger partial charge in [0.2, 0.25) is 0 Å². The van der Waals surface area contributed by atoms with Crippen molar-refractivity contribution in [3.05, 3.63) is 60.7 Å². The number of ether oxygens (including phenoxy) is 2. The standard InChI is InChI=1S/C22H26N2O4/c1-17(27-19-9-5-3-6-10-19)21(25)23-13-15-24(16-14-23)22(26)18(2)28-20-11-7-4-8-12-20/h3-12,17-18H,13-16H2,1-2H3/t17-,18-/m1/s1. The number of hydrogen-bond acceptors (Lipinski definition) is 4. The number of nitrogens with zero attached hydrogens (tertiary/aromatic N) is 2. The lowest BCUT2D eigenvalue weighted by Gasteiger charge is -2.36. The molecule has 0 N–H and O–H groups in total. The van der Waals surface area contributed by atoms with Gasteiger partial charge < -0.3 is 19.3 Å². The number of hydrogen-bond donors (Lipinski definition) is 0. The Morgan fingerprint density at radius 3 is 1.32 bits per heavy atom. The maximum atomic E-state index is 12.6. The Labute approximate surface area is 165 Å². The topological polar surface area (TPSA) is 59.1 Å². The first-order chi connectivity index (χ1) is 13.5. The second-order valence-corrected chi connectivity index (χ2v) is 6.80. The van der Waals surface area contributed by atoms with Crippen molar-refractivity contribution in [3.63, 3.8) is 0 Å². The van der Waals surface area contributed by atoms with E-state index in [1.807, 2.05) is 60.7 Å². The van der Waals surface area contributed by atoms with Gasteiger partial charge >= 0.3 is 0 Å². The number of para-hydroxylation sites is 2. The number of piperazine rings is 1. The normalized spacial score (nSPS) is 16.2. The number of carbonyl (C=O) groups is 2. The van der Waals surface area contributed by atoms with Gasteiger partial charge in [-0.2, -0.15) is 0 Å². The van der Waals surface area contributed by atoms with Crippen LogP contribution in [-0.2, 0) is 9.59 Å². The van der Waals surface area contributed by atoms with Gasteiger partial charge in [-0.3, -0.25) is 9.59 Å². The minimum absolute atomic E-state index is 0.0652. The van der Waals surface area contributed by atoms with Crippen molar-refractivity contribution in [1.29, 1.82) is 0 Å². The molecule has 0 saturated carbocycles. The first-order valence-corrected chi connectivity index (χ1v) is 9.55. The minimum Gasteiger partial charge on any atom is -0.481 e. The van der Waals surface area contributed by atoms with Crippen molar-refractivity contribution in [2.75, 3.05) is 26.2 Å². The molecule has 1 heterocycles. The molecule has 2 atom stereocenters. The monoisotopic (exact) mass is 382 g/mol. The average Bonchev–Trinajstić information content (AvgIpc) is 2.74. The molecule has 0 radical (unpaired) electrons. The highest BCUT2D eigenvalue weighted by Gasteiger charge is 2.30. The molecular formula is C22H26N2O4. The van der Waals surface area contributed by atoms with Crippen LogP contribution < -0.4 is 9.47 Å². The zero-order chi connectivity index (χ0) is 19.9. The van der Waals surface area contributed by atoms with Gasteiger partial charge in [0.15, 0.2) is 12.2 Å². The van der Waals surface area contributed by atoms with Crippen LogP contribution in [0.2, 0.25) is 0 Å². The Morgan fingerprint density at radius 2 is 1.00 bits per heavy atom. The van der Waals surface area contributed by atoms with Crippen LogP contribution in [-0.4, -0.2) is 60.0 Å². The van der Waals surface area contributed by atoms with Gasteiger partial charge in [-0.15, -0.1) is 0 Å². The summed E-state index contributed by atoms with van der Waals surface area (Å²) in [5.41, 5.74) is 0. The molecule has 2 aromatic rings. The SMILES string of the molecule is C[C@@H](Oc1ccccc1)C(=O)N1CCN(C(=O)[C@@H](C)Oc2ccccc2)CC1. The molecule has 1 saturated heterocycles. The fraction of sp³-hybridized carbons (Fsp3) is 0.364. The van der Waals surface area contributed by atoms with Crippen LogP contribution in [0.15, 0.2) is 60.7 Å². The van der Waals surface area contributed by atoms with Gasteiger partial charge in [-0.05, 0) is 38.1 Å². The molecule has 148 valence electrons. The number of rotatable bonds is 6. The van der Waals surface area contributed by atoms with Gasteiger partial charge in [-0.25, -0.2) is 0 Å². The summed E-state index contributed by atoms with van der Waals surface area (Å²) in [6, 6.07) is 18.6. The van der Waals surface area contributed by atoms with Crippen LogP contribution in [0, 0.1) is 0 Å². The van der Waals surface area contributed by atoms with Crippen LogP contribution in [0.4, 0.5) is 0 Å². The van der Waals surface area contributed by atoms with E-state index in [4.69, 9.17) is 9.47 Å². The van der Waals surface area contributed by atoms with Crippen molar-refractivity contribution in [3.8, 4) is 11.5 Å². The van der Waals surface area contributed by atoms with Crippen molar-refractivity contribution >= 4 is 11.8 Å². The third-order valence-corrected chi connectivity index (χ3v) is 4.71. The highest BCUT2D eigenvalue weighted by molar-refractivity contribution is 5.83. The van der Waals surface area contributed by atoms with Crippen molar-refractivity contribution in [2.45, 2.75) is 26.1 Å². The van der Waals surface area contributed by atoms with Crippen LogP contribution >= 0.6 is 0 Å². The summed E-state index contributed by atoms with van der Waals surface area (Å²) in [6.45, 7) is 5.47. The molecule has 1 fully saturated rings. The molecule has 0 spiro atoms. The number of benzene rings is 2. The molecular weight excluding hydrogens is 356 g/mol. The van der Waals surface area contributed by atoms with E-state index in [-0.39, 0.29) is 11.8 Å². The van der Waals surface area contributed by atoms with E-state index in [0.29, 0.717) is 37.7 Å². The summed E-state index contributed by atoms with van der Waals surface area (Å²) in [5, 5.41) is 0. The van der Waals surface area contributed by atoms with Crippen molar-refractivity contribution in [1.82, 2.24) is 9.80 Å². The van der Waals surface area contributed by atoms with Gasteiger partial charge in [0.05, 0.1) is 0 Å². The van der Waals surface area contributed by atoms with Gasteiger partial charge in [0, 0.05) is 26.2 Å². The first-order valence-electron chi connectivity index (χ1n) is 9.55. The molecule has 0 aliphatic carbocycles. The molecule has 6 nitrogen and oxygen atoms in total. The molecule has 0 aromatic heterocycles. The Balaban J connectivity index is 1.48. The quantitative estimate of drug-likeness (QED) is 0.771. The highest BCUT2D eigenvalue weighted by Crippen LogP contribution is 2.15. The average molecular weight is 382 g/mol. The van der Waals surface area contributed by atoms with Crippen LogP contribution in [0.25, 0.3) is 0 Å². The molecule has 2 amide bonds. The van der Waals surface area contributed by atoms with E-state index < -0.39 is 12.2 Å². The molecule has 1 aliphatic heterocycles. The van der Waals surface area contributed by atoms with Crippen LogP contribution in [0.1, 0.15) is 13.8 Å². The van der Waals surface area contributed by atoms with Crippen LogP contribution in [0.3, 0.4) is 0 Å². The lowest BCUT2D eigenvalue weighted by atomic mass is 10.2. The van der Waals surface area contributed by atoms with Crippen molar-refractivity contribution in [2.24, 2.45) is 0 Å². The van der Waals surface area contributed by atoms with Gasteiger partial charge in [0.25, 0.3) is 11.8 Å². The second-order valence-electron chi connectivity index (χ2n) is 6.80. The lowest BCUT2D eigenvalue weighted by Crippen LogP contribution is -2.55. The summed E-state index contributed by atoms with van der Waals surface area (Å²) >= 11 is 0. The molecule has 1 aliphatic rings. The Morgan fingerprint density at radius 1 is 0.679 bits per heavy atom. The highest BCUT2D eigenvalue weighted by atomic mass is 16.5. The van der Waals surface area contributed by atoms with E-state index >= 15 is 0 Å². The fourth-order valence-corrected chi connectivity index (χ4v) is 3.17. The zero-order valence-electron chi connectivity index (χ0n) is 16.3. The minimum atomic E-state index is -0.565. The van der Waals surface area contributed by atoms with E-state index in [1.165, 1.54) is 0 Å². The third kappa shape index (κ3) is 5.03. The van der Waals surface area contributed by atoms with Crippen LogP contribution in [0.5, 0.6) is 11.5 Å². The summed E-state index contributed by atoms with van der Waals surface area (Å²) in [5.74, 6) is 1.21. The summed E-state index contributed by atoms with van der Waals surface area (Å²) < 4.78 is 11.4. The smallest absolute Gasteiger partial charge is 0.263 e. The number of amides is 2. The summed E-state index contributed by atoms with van der Waals surface area (Å²) in [6.07, 6.45) is -1.13. The predicted octanol–water partition coefficient (Wildman–Crippen LogP) is 2.59.